The number of benzene rings is 2. The fourth-order valence-electron chi connectivity index (χ4n) is 2.73. The van der Waals surface area contributed by atoms with E-state index in [9.17, 15) is 13.8 Å². The molecule has 3 aromatic rings. The number of nitrogens with zero attached hydrogens (tertiary/aromatic N) is 1. The highest BCUT2D eigenvalue weighted by atomic mass is 32.2. The van der Waals surface area contributed by atoms with Gasteiger partial charge in [-0.05, 0) is 43.2 Å². The standard InChI is InChI=1S/C19H18N2O3S/c1-13-10-16-17(21-19(12-22)20-16)11-15(13)18(23)8-5-9-25(24)14-6-3-2-4-7-14/h2-4,6-7,10-12H,5,8-9H2,1H3,(H,20,21). The Morgan fingerprint density at radius 2 is 2.00 bits per heavy atom. The van der Waals surface area contributed by atoms with Crippen LogP contribution >= 0.6 is 0 Å². The SMILES string of the molecule is Cc1cc2[nH]c(C=O)nc2cc1C(=O)CCCS(=O)c1ccccc1. The maximum atomic E-state index is 12.5. The largest absolute Gasteiger partial charge is 0.336 e. The second-order valence-corrected chi connectivity index (χ2v) is 7.38. The van der Waals surface area contributed by atoms with Gasteiger partial charge in [0, 0.05) is 22.6 Å². The van der Waals surface area contributed by atoms with E-state index in [0.29, 0.717) is 36.0 Å². The number of fused-ring (bicyclic) bond motifs is 1. The molecule has 1 unspecified atom stereocenters. The first-order valence-electron chi connectivity index (χ1n) is 8.00. The quantitative estimate of drug-likeness (QED) is 0.520. The van der Waals surface area contributed by atoms with E-state index >= 15 is 0 Å². The van der Waals surface area contributed by atoms with Crippen LogP contribution in [-0.4, -0.2) is 32.0 Å². The van der Waals surface area contributed by atoms with Gasteiger partial charge in [-0.3, -0.25) is 13.8 Å². The molecule has 0 bridgehead atoms. The predicted octanol–water partition coefficient (Wildman–Crippen LogP) is 3.45. The molecular formula is C19H18N2O3S. The molecule has 0 fully saturated rings. The normalized spacial score (nSPS) is 12.2. The van der Waals surface area contributed by atoms with E-state index in [1.807, 2.05) is 43.3 Å². The molecule has 128 valence electrons. The van der Waals surface area contributed by atoms with Crippen molar-refractivity contribution in [3.8, 4) is 0 Å². The van der Waals surface area contributed by atoms with Gasteiger partial charge in [0.05, 0.1) is 21.8 Å². The molecule has 1 heterocycles. The second-order valence-electron chi connectivity index (χ2n) is 5.81. The van der Waals surface area contributed by atoms with Gasteiger partial charge in [0.1, 0.15) is 0 Å². The number of rotatable bonds is 7. The number of H-pyrrole nitrogens is 1. The molecular weight excluding hydrogens is 336 g/mol. The Morgan fingerprint density at radius 3 is 2.72 bits per heavy atom. The summed E-state index contributed by atoms with van der Waals surface area (Å²) in [5.74, 6) is 0.701. The summed E-state index contributed by atoms with van der Waals surface area (Å²) in [6.45, 7) is 1.86. The number of hydrogen-bond donors (Lipinski definition) is 1. The van der Waals surface area contributed by atoms with E-state index in [4.69, 9.17) is 0 Å². The Balaban J connectivity index is 1.67. The van der Waals surface area contributed by atoms with Gasteiger partial charge >= 0.3 is 0 Å². The third-order valence-corrected chi connectivity index (χ3v) is 5.46. The van der Waals surface area contributed by atoms with Gasteiger partial charge in [0.2, 0.25) is 0 Å². The molecule has 5 nitrogen and oxygen atoms in total. The minimum Gasteiger partial charge on any atom is -0.336 e. The lowest BCUT2D eigenvalue weighted by Gasteiger charge is -2.06. The number of aldehydes is 1. The zero-order valence-corrected chi connectivity index (χ0v) is 14.6. The van der Waals surface area contributed by atoms with Gasteiger partial charge in [0.15, 0.2) is 17.9 Å². The Labute approximate surface area is 147 Å². The zero-order valence-electron chi connectivity index (χ0n) is 13.8. The number of carbonyl (C=O) groups excluding carboxylic acids is 2. The van der Waals surface area contributed by atoms with Crippen LogP contribution in [0.1, 0.15) is 39.4 Å². The number of nitrogens with one attached hydrogen (secondary N) is 1. The average Bonchev–Trinajstić information content (AvgIpc) is 3.03. The fraction of sp³-hybridized carbons (Fsp3) is 0.211. The van der Waals surface area contributed by atoms with Gasteiger partial charge in [-0.1, -0.05) is 18.2 Å². The molecule has 0 aliphatic carbocycles. The maximum Gasteiger partial charge on any atom is 0.185 e. The Hall–Kier alpha value is -2.60. The summed E-state index contributed by atoms with van der Waals surface area (Å²) < 4.78 is 12.2. The van der Waals surface area contributed by atoms with Crippen LogP contribution in [0.3, 0.4) is 0 Å². The lowest BCUT2D eigenvalue weighted by atomic mass is 10.0. The van der Waals surface area contributed by atoms with Crippen molar-refractivity contribution in [2.75, 3.05) is 5.75 Å². The lowest BCUT2D eigenvalue weighted by molar-refractivity contribution is 0.0981. The van der Waals surface area contributed by atoms with Gasteiger partial charge < -0.3 is 4.98 Å². The third-order valence-electron chi connectivity index (χ3n) is 4.00. The van der Waals surface area contributed by atoms with E-state index in [2.05, 4.69) is 9.97 Å². The van der Waals surface area contributed by atoms with E-state index in [0.717, 1.165) is 16.0 Å². The first-order valence-corrected chi connectivity index (χ1v) is 9.32. The van der Waals surface area contributed by atoms with Gasteiger partial charge in [0.25, 0.3) is 0 Å². The van der Waals surface area contributed by atoms with Crippen LogP contribution in [0.5, 0.6) is 0 Å². The summed E-state index contributed by atoms with van der Waals surface area (Å²) in [6.07, 6.45) is 1.53. The van der Waals surface area contributed by atoms with Crippen molar-refractivity contribution in [1.82, 2.24) is 9.97 Å². The lowest BCUT2D eigenvalue weighted by Crippen LogP contribution is -2.05. The summed E-state index contributed by atoms with van der Waals surface area (Å²) in [4.78, 5) is 31.1. The molecule has 0 aliphatic heterocycles. The molecule has 25 heavy (non-hydrogen) atoms. The van der Waals surface area contributed by atoms with Crippen molar-refractivity contribution >= 4 is 33.9 Å². The van der Waals surface area contributed by atoms with Gasteiger partial charge in [-0.15, -0.1) is 0 Å². The Morgan fingerprint density at radius 1 is 1.24 bits per heavy atom. The molecule has 0 amide bonds. The monoisotopic (exact) mass is 354 g/mol. The number of hydrogen-bond acceptors (Lipinski definition) is 4. The minimum atomic E-state index is -1.09. The number of aryl methyl sites for hydroxylation is 1. The molecule has 0 saturated heterocycles. The highest BCUT2D eigenvalue weighted by molar-refractivity contribution is 7.85. The van der Waals surface area contributed by atoms with Crippen LogP contribution < -0.4 is 0 Å². The van der Waals surface area contributed by atoms with Crippen molar-refractivity contribution in [3.05, 3.63) is 59.4 Å². The zero-order chi connectivity index (χ0) is 17.8. The molecule has 0 spiro atoms. The van der Waals surface area contributed by atoms with Gasteiger partial charge in [-0.2, -0.15) is 0 Å². The summed E-state index contributed by atoms with van der Waals surface area (Å²) in [5.41, 5.74) is 2.77. The predicted molar refractivity (Wildman–Crippen MR) is 97.5 cm³/mol. The Kier molecular flexibility index (Phi) is 5.19. The molecule has 0 aliphatic rings. The smallest absolute Gasteiger partial charge is 0.185 e. The molecule has 2 aromatic carbocycles. The molecule has 1 aromatic heterocycles. The summed E-state index contributed by atoms with van der Waals surface area (Å²) in [5, 5.41) is 0. The van der Waals surface area contributed by atoms with Crippen molar-refractivity contribution in [3.63, 3.8) is 0 Å². The summed E-state index contributed by atoms with van der Waals surface area (Å²) in [6, 6.07) is 12.8. The van der Waals surface area contributed by atoms with Crippen molar-refractivity contribution in [1.29, 1.82) is 0 Å². The number of ketones is 1. The highest BCUT2D eigenvalue weighted by Crippen LogP contribution is 2.20. The van der Waals surface area contributed by atoms with Crippen LogP contribution in [0.15, 0.2) is 47.4 Å². The first-order chi connectivity index (χ1) is 12.1. The van der Waals surface area contributed by atoms with Crippen molar-refractivity contribution in [2.24, 2.45) is 0 Å². The highest BCUT2D eigenvalue weighted by Gasteiger charge is 2.13. The fourth-order valence-corrected chi connectivity index (χ4v) is 3.83. The number of aromatic nitrogens is 2. The molecule has 1 N–H and O–H groups in total. The van der Waals surface area contributed by atoms with Crippen molar-refractivity contribution in [2.45, 2.75) is 24.7 Å². The van der Waals surface area contributed by atoms with Crippen LogP contribution in [0.4, 0.5) is 0 Å². The van der Waals surface area contributed by atoms with E-state index in [-0.39, 0.29) is 11.6 Å². The number of imidazole rings is 1. The van der Waals surface area contributed by atoms with Gasteiger partial charge in [-0.25, -0.2) is 4.98 Å². The van der Waals surface area contributed by atoms with Crippen LogP contribution in [-0.2, 0) is 10.8 Å². The number of carbonyl (C=O) groups is 2. The molecule has 0 saturated carbocycles. The Bertz CT molecular complexity index is 948. The first kappa shape index (κ1) is 17.2. The molecule has 1 atom stereocenters. The topological polar surface area (TPSA) is 79.9 Å². The number of aromatic amines is 1. The maximum absolute atomic E-state index is 12.5. The van der Waals surface area contributed by atoms with E-state index in [1.165, 1.54) is 0 Å². The third kappa shape index (κ3) is 3.91. The van der Waals surface area contributed by atoms with E-state index < -0.39 is 10.8 Å². The van der Waals surface area contributed by atoms with E-state index in [1.54, 1.807) is 6.07 Å². The summed E-state index contributed by atoms with van der Waals surface area (Å²) in [7, 11) is -1.09. The van der Waals surface area contributed by atoms with Crippen molar-refractivity contribution < 1.29 is 13.8 Å². The second kappa shape index (κ2) is 7.53. The molecule has 0 radical (unpaired) electrons. The van der Waals surface area contributed by atoms with Crippen LogP contribution in [0.2, 0.25) is 0 Å². The number of Topliss-reactive ketones (excluding diaryl/α,β-unsaturated/α-hetero) is 1. The molecule has 3 rings (SSSR count). The summed E-state index contributed by atoms with van der Waals surface area (Å²) >= 11 is 0. The molecule has 6 heteroatoms. The average molecular weight is 354 g/mol. The minimum absolute atomic E-state index is 0.000106. The van der Waals surface area contributed by atoms with Crippen LogP contribution in [0.25, 0.3) is 11.0 Å². The van der Waals surface area contributed by atoms with Crippen LogP contribution in [0, 0.1) is 6.92 Å².